The van der Waals surface area contributed by atoms with Crippen molar-refractivity contribution >= 4 is 34.3 Å². The maximum Gasteiger partial charge on any atom is 0.295 e. The second-order valence-electron chi connectivity index (χ2n) is 4.46. The van der Waals surface area contributed by atoms with Crippen molar-refractivity contribution < 1.29 is 14.7 Å². The molecule has 21 heavy (non-hydrogen) atoms. The summed E-state index contributed by atoms with van der Waals surface area (Å²) in [6, 6.07) is 15.2. The van der Waals surface area contributed by atoms with Crippen molar-refractivity contribution in [1.29, 1.82) is 0 Å². The van der Waals surface area contributed by atoms with Crippen LogP contribution in [0, 0.1) is 0 Å². The third-order valence-electron chi connectivity index (χ3n) is 3.03. The lowest BCUT2D eigenvalue weighted by Crippen LogP contribution is -2.34. The van der Waals surface area contributed by atoms with E-state index in [4.69, 9.17) is 0 Å². The largest absolute Gasteiger partial charge is 0.508 e. The first-order chi connectivity index (χ1) is 10.1. The number of hydrogen-bond acceptors (Lipinski definition) is 5. The predicted molar refractivity (Wildman–Crippen MR) is 82.4 cm³/mol. The minimum Gasteiger partial charge on any atom is -0.508 e. The normalized spacial score (nSPS) is 18.1. The molecule has 2 aromatic carbocycles. The molecule has 1 unspecified atom stereocenters. The van der Waals surface area contributed by atoms with E-state index in [1.807, 2.05) is 6.07 Å². The Morgan fingerprint density at radius 1 is 1.00 bits per heavy atom. The number of nitrogens with one attached hydrogen (secondary N) is 1. The molecule has 0 bridgehead atoms. The zero-order valence-corrected chi connectivity index (χ0v) is 11.7. The summed E-state index contributed by atoms with van der Waals surface area (Å²) in [5.74, 6) is -0.155. The highest BCUT2D eigenvalue weighted by atomic mass is 32.2. The Hall–Kier alpha value is -2.47. The second kappa shape index (κ2) is 5.49. The van der Waals surface area contributed by atoms with Crippen LogP contribution in [0.4, 0.5) is 16.2 Å². The molecule has 1 saturated heterocycles. The molecule has 3 rings (SSSR count). The van der Waals surface area contributed by atoms with E-state index in [-0.39, 0.29) is 16.9 Å². The smallest absolute Gasteiger partial charge is 0.295 e. The highest BCUT2D eigenvalue weighted by molar-refractivity contribution is 8.16. The molecule has 1 atom stereocenters. The maximum absolute atomic E-state index is 12.4. The maximum atomic E-state index is 12.4. The average Bonchev–Trinajstić information content (AvgIpc) is 2.77. The minimum absolute atomic E-state index is 0.146. The van der Waals surface area contributed by atoms with Crippen LogP contribution < -0.4 is 10.2 Å². The van der Waals surface area contributed by atoms with E-state index < -0.39 is 5.37 Å². The Morgan fingerprint density at radius 3 is 2.33 bits per heavy atom. The van der Waals surface area contributed by atoms with Crippen LogP contribution >= 0.6 is 11.8 Å². The first-order valence-corrected chi connectivity index (χ1v) is 7.18. The minimum atomic E-state index is -0.665. The van der Waals surface area contributed by atoms with Gasteiger partial charge < -0.3 is 10.4 Å². The summed E-state index contributed by atoms with van der Waals surface area (Å²) in [6.07, 6.45) is 0. The molecule has 2 amide bonds. The van der Waals surface area contributed by atoms with Gasteiger partial charge in [0.15, 0.2) is 5.37 Å². The number of thioether (sulfide) groups is 1. The van der Waals surface area contributed by atoms with Crippen molar-refractivity contribution in [2.45, 2.75) is 5.37 Å². The van der Waals surface area contributed by atoms with Crippen LogP contribution in [0.5, 0.6) is 5.75 Å². The van der Waals surface area contributed by atoms with Crippen molar-refractivity contribution in [2.75, 3.05) is 10.2 Å². The summed E-state index contributed by atoms with van der Waals surface area (Å²) in [6.45, 7) is 0. The summed E-state index contributed by atoms with van der Waals surface area (Å²) in [5.41, 5.74) is 1.23. The molecule has 1 fully saturated rings. The van der Waals surface area contributed by atoms with Crippen molar-refractivity contribution in [3.05, 3.63) is 54.6 Å². The molecule has 106 valence electrons. The molecule has 1 aliphatic rings. The number of imide groups is 1. The van der Waals surface area contributed by atoms with Crippen molar-refractivity contribution in [2.24, 2.45) is 0 Å². The van der Waals surface area contributed by atoms with Crippen LogP contribution in [0.25, 0.3) is 0 Å². The number of phenols is 1. The lowest BCUT2D eigenvalue weighted by molar-refractivity contribution is -0.116. The fourth-order valence-corrected chi connectivity index (χ4v) is 2.92. The van der Waals surface area contributed by atoms with Gasteiger partial charge in [0.25, 0.3) is 11.1 Å². The molecule has 0 spiro atoms. The number of hydrogen-bond donors (Lipinski definition) is 2. The van der Waals surface area contributed by atoms with Gasteiger partial charge in [0.2, 0.25) is 0 Å². The fourth-order valence-electron chi connectivity index (χ4n) is 2.02. The third-order valence-corrected chi connectivity index (χ3v) is 3.96. The van der Waals surface area contributed by atoms with Crippen LogP contribution in [0.3, 0.4) is 0 Å². The van der Waals surface area contributed by atoms with E-state index in [1.54, 1.807) is 36.4 Å². The molecule has 0 aliphatic carbocycles. The van der Waals surface area contributed by atoms with Crippen LogP contribution in [0.15, 0.2) is 54.6 Å². The predicted octanol–water partition coefficient (Wildman–Crippen LogP) is 3.03. The Kier molecular flexibility index (Phi) is 3.53. The number of anilines is 2. The molecule has 2 N–H and O–H groups in total. The number of para-hydroxylation sites is 1. The van der Waals surface area contributed by atoms with E-state index in [0.29, 0.717) is 11.4 Å². The first kappa shape index (κ1) is 13.5. The van der Waals surface area contributed by atoms with Crippen LogP contribution in [-0.2, 0) is 4.79 Å². The van der Waals surface area contributed by atoms with E-state index >= 15 is 0 Å². The number of nitrogens with zero attached hydrogens (tertiary/aromatic N) is 1. The summed E-state index contributed by atoms with van der Waals surface area (Å²) < 4.78 is 0. The number of carbonyl (C=O) groups is 2. The van der Waals surface area contributed by atoms with Gasteiger partial charge in [-0.15, -0.1) is 0 Å². The summed E-state index contributed by atoms with van der Waals surface area (Å²) in [5, 5.41) is 11.3. The molecule has 0 aromatic heterocycles. The van der Waals surface area contributed by atoms with Gasteiger partial charge in [-0.05, 0) is 48.2 Å². The van der Waals surface area contributed by atoms with Gasteiger partial charge in [-0.25, -0.2) is 4.90 Å². The Morgan fingerprint density at radius 2 is 1.67 bits per heavy atom. The van der Waals surface area contributed by atoms with Gasteiger partial charge in [0, 0.05) is 5.69 Å². The number of amides is 2. The average molecular weight is 300 g/mol. The molecule has 5 nitrogen and oxygen atoms in total. The van der Waals surface area contributed by atoms with Gasteiger partial charge in [-0.2, -0.15) is 0 Å². The Bertz CT molecular complexity index is 673. The van der Waals surface area contributed by atoms with E-state index in [2.05, 4.69) is 5.32 Å². The summed E-state index contributed by atoms with van der Waals surface area (Å²) >= 11 is 0.939. The van der Waals surface area contributed by atoms with E-state index in [1.165, 1.54) is 17.0 Å². The van der Waals surface area contributed by atoms with Gasteiger partial charge in [0.1, 0.15) is 5.75 Å². The number of carbonyl (C=O) groups excluding carboxylic acids is 2. The Labute approximate surface area is 125 Å². The van der Waals surface area contributed by atoms with Crippen LogP contribution in [0.1, 0.15) is 0 Å². The van der Waals surface area contributed by atoms with Crippen molar-refractivity contribution in [1.82, 2.24) is 0 Å². The van der Waals surface area contributed by atoms with Crippen molar-refractivity contribution in [3.63, 3.8) is 0 Å². The first-order valence-electron chi connectivity index (χ1n) is 6.30. The summed E-state index contributed by atoms with van der Waals surface area (Å²) in [7, 11) is 0. The lowest BCUT2D eigenvalue weighted by Gasteiger charge is -2.14. The number of rotatable bonds is 3. The topological polar surface area (TPSA) is 69.6 Å². The lowest BCUT2D eigenvalue weighted by atomic mass is 10.3. The fraction of sp³-hybridized carbons (Fsp3) is 0.0667. The highest BCUT2D eigenvalue weighted by Crippen LogP contribution is 2.32. The zero-order chi connectivity index (χ0) is 14.8. The molecule has 2 aromatic rings. The quantitative estimate of drug-likeness (QED) is 0.853. The molecule has 0 radical (unpaired) electrons. The second-order valence-corrected chi connectivity index (χ2v) is 5.52. The van der Waals surface area contributed by atoms with Crippen molar-refractivity contribution in [3.8, 4) is 5.75 Å². The van der Waals surface area contributed by atoms with Gasteiger partial charge in [-0.1, -0.05) is 18.2 Å². The molecule has 0 saturated carbocycles. The standard InChI is InChI=1S/C15H12N2O3S/c18-12-8-6-10(7-9-12)16-13-14(19)17(15(20)21-13)11-4-2-1-3-5-11/h1-9,13,16,18H. The van der Waals surface area contributed by atoms with Gasteiger partial charge >= 0.3 is 0 Å². The number of benzene rings is 2. The SMILES string of the molecule is O=C1SC(Nc2ccc(O)cc2)C(=O)N1c1ccccc1. The molecule has 1 aliphatic heterocycles. The van der Waals surface area contributed by atoms with E-state index in [0.717, 1.165) is 11.8 Å². The van der Waals surface area contributed by atoms with Gasteiger partial charge in [0.05, 0.1) is 5.69 Å². The Balaban J connectivity index is 1.79. The molecule has 6 heteroatoms. The van der Waals surface area contributed by atoms with Crippen LogP contribution in [0.2, 0.25) is 0 Å². The monoisotopic (exact) mass is 300 g/mol. The number of phenolic OH excluding ortho intramolecular Hbond substituents is 1. The summed E-state index contributed by atoms with van der Waals surface area (Å²) in [4.78, 5) is 25.6. The van der Waals surface area contributed by atoms with Gasteiger partial charge in [-0.3, -0.25) is 9.59 Å². The zero-order valence-electron chi connectivity index (χ0n) is 10.9. The number of aromatic hydroxyl groups is 1. The molecular formula is C15H12N2O3S. The molecular weight excluding hydrogens is 288 g/mol. The van der Waals surface area contributed by atoms with E-state index in [9.17, 15) is 14.7 Å². The highest BCUT2D eigenvalue weighted by Gasteiger charge is 2.40. The molecule has 1 heterocycles. The van der Waals surface area contributed by atoms with Crippen LogP contribution in [-0.4, -0.2) is 21.6 Å². The third kappa shape index (κ3) is 2.71.